The van der Waals surface area contributed by atoms with Crippen molar-refractivity contribution < 1.29 is 27.8 Å². The molecule has 34 heavy (non-hydrogen) atoms. The van der Waals surface area contributed by atoms with E-state index in [2.05, 4.69) is 4.72 Å². The summed E-state index contributed by atoms with van der Waals surface area (Å²) in [4.78, 5) is 11.2. The molecule has 0 heterocycles. The Labute approximate surface area is 200 Å². The van der Waals surface area contributed by atoms with Gasteiger partial charge < -0.3 is 14.6 Å². The van der Waals surface area contributed by atoms with Crippen molar-refractivity contribution in [1.29, 1.82) is 0 Å². The summed E-state index contributed by atoms with van der Waals surface area (Å²) in [6, 6.07) is 12.8. The minimum atomic E-state index is -3.76. The van der Waals surface area contributed by atoms with Gasteiger partial charge in [-0.1, -0.05) is 0 Å². The first-order valence-corrected chi connectivity index (χ1v) is 12.3. The molecule has 8 heteroatoms. The quantitative estimate of drug-likeness (QED) is 0.406. The summed E-state index contributed by atoms with van der Waals surface area (Å²) in [6.07, 6.45) is 0. The lowest BCUT2D eigenvalue weighted by atomic mass is 9.95. The SMILES string of the molecule is Cc1c(C)c(C)c(S(=O)(=O)Nc2ccc(OCCOc3ccc(C(=O)O)cc3)cc2)c(C)c1C. The van der Waals surface area contributed by atoms with E-state index in [1.807, 2.05) is 34.6 Å². The molecular formula is C26H29NO6S. The molecule has 0 aliphatic carbocycles. The maximum atomic E-state index is 13.2. The molecule has 7 nitrogen and oxygen atoms in total. The van der Waals surface area contributed by atoms with E-state index >= 15 is 0 Å². The average Bonchev–Trinajstić information content (AvgIpc) is 2.80. The van der Waals surface area contributed by atoms with Crippen LogP contribution in [0.15, 0.2) is 53.4 Å². The first-order valence-electron chi connectivity index (χ1n) is 10.8. The van der Waals surface area contributed by atoms with Gasteiger partial charge in [-0.05, 0) is 111 Å². The van der Waals surface area contributed by atoms with E-state index in [9.17, 15) is 13.2 Å². The number of hydrogen-bond donors (Lipinski definition) is 2. The predicted molar refractivity (Wildman–Crippen MR) is 132 cm³/mol. The smallest absolute Gasteiger partial charge is 0.335 e. The Balaban J connectivity index is 1.60. The number of hydrogen-bond acceptors (Lipinski definition) is 5. The minimum Gasteiger partial charge on any atom is -0.490 e. The van der Waals surface area contributed by atoms with E-state index in [0.29, 0.717) is 22.1 Å². The van der Waals surface area contributed by atoms with E-state index in [1.54, 1.807) is 36.4 Å². The van der Waals surface area contributed by atoms with E-state index < -0.39 is 16.0 Å². The molecule has 0 atom stereocenters. The largest absolute Gasteiger partial charge is 0.490 e. The molecule has 0 saturated carbocycles. The highest BCUT2D eigenvalue weighted by Crippen LogP contribution is 2.31. The van der Waals surface area contributed by atoms with Crippen molar-refractivity contribution in [3.8, 4) is 11.5 Å². The van der Waals surface area contributed by atoms with Crippen LogP contribution in [-0.4, -0.2) is 32.7 Å². The number of nitrogens with one attached hydrogen (secondary N) is 1. The number of carboxylic acids is 1. The van der Waals surface area contributed by atoms with Crippen LogP contribution >= 0.6 is 0 Å². The molecule has 0 saturated heterocycles. The van der Waals surface area contributed by atoms with Crippen molar-refractivity contribution in [1.82, 2.24) is 0 Å². The van der Waals surface area contributed by atoms with Gasteiger partial charge in [0.25, 0.3) is 10.0 Å². The third-order valence-electron chi connectivity index (χ3n) is 6.03. The summed E-state index contributed by atoms with van der Waals surface area (Å²) < 4.78 is 40.2. The Hall–Kier alpha value is -3.52. The average molecular weight is 484 g/mol. The molecule has 0 aromatic heterocycles. The van der Waals surface area contributed by atoms with Gasteiger partial charge in [-0.15, -0.1) is 0 Å². The van der Waals surface area contributed by atoms with Gasteiger partial charge in [0.1, 0.15) is 24.7 Å². The molecule has 0 fully saturated rings. The number of anilines is 1. The van der Waals surface area contributed by atoms with Crippen LogP contribution in [0.1, 0.15) is 38.2 Å². The molecular weight excluding hydrogens is 454 g/mol. The maximum absolute atomic E-state index is 13.2. The van der Waals surface area contributed by atoms with Crippen LogP contribution in [0.4, 0.5) is 5.69 Å². The van der Waals surface area contributed by atoms with Crippen molar-refractivity contribution in [3.63, 3.8) is 0 Å². The highest BCUT2D eigenvalue weighted by Gasteiger charge is 2.23. The Bertz CT molecular complexity index is 1270. The van der Waals surface area contributed by atoms with Crippen LogP contribution in [-0.2, 0) is 10.0 Å². The molecule has 0 radical (unpaired) electrons. The van der Waals surface area contributed by atoms with Gasteiger partial charge in [0.2, 0.25) is 0 Å². The van der Waals surface area contributed by atoms with Gasteiger partial charge in [0.15, 0.2) is 0 Å². The molecule has 0 aliphatic rings. The van der Waals surface area contributed by atoms with Gasteiger partial charge in [-0.2, -0.15) is 0 Å². The van der Waals surface area contributed by atoms with Gasteiger partial charge in [0, 0.05) is 5.69 Å². The molecule has 0 aliphatic heterocycles. The summed E-state index contributed by atoms with van der Waals surface area (Å²) in [5.41, 5.74) is 5.21. The molecule has 3 aromatic rings. The second-order valence-electron chi connectivity index (χ2n) is 8.11. The Morgan fingerprint density at radius 3 is 1.59 bits per heavy atom. The normalized spacial score (nSPS) is 11.2. The second-order valence-corrected chi connectivity index (χ2v) is 9.73. The molecule has 0 bridgehead atoms. The fraction of sp³-hybridized carbons (Fsp3) is 0.269. The number of aromatic carboxylic acids is 1. The molecule has 0 unspecified atom stereocenters. The van der Waals surface area contributed by atoms with Crippen molar-refractivity contribution in [2.75, 3.05) is 17.9 Å². The van der Waals surface area contributed by atoms with Crippen molar-refractivity contribution in [2.45, 2.75) is 39.5 Å². The highest BCUT2D eigenvalue weighted by atomic mass is 32.2. The van der Waals surface area contributed by atoms with Gasteiger partial charge in [-0.25, -0.2) is 13.2 Å². The van der Waals surface area contributed by atoms with Crippen molar-refractivity contribution in [2.24, 2.45) is 0 Å². The van der Waals surface area contributed by atoms with Gasteiger partial charge >= 0.3 is 5.97 Å². The molecule has 2 N–H and O–H groups in total. The van der Waals surface area contributed by atoms with E-state index in [1.165, 1.54) is 12.1 Å². The number of carbonyl (C=O) groups is 1. The monoisotopic (exact) mass is 483 g/mol. The van der Waals surface area contributed by atoms with Crippen molar-refractivity contribution in [3.05, 3.63) is 81.9 Å². The topological polar surface area (TPSA) is 102 Å². The van der Waals surface area contributed by atoms with Gasteiger partial charge in [0.05, 0.1) is 10.5 Å². The first kappa shape index (κ1) is 25.1. The fourth-order valence-corrected chi connectivity index (χ4v) is 5.37. The van der Waals surface area contributed by atoms with Crippen LogP contribution in [0.25, 0.3) is 0 Å². The summed E-state index contributed by atoms with van der Waals surface area (Å²) in [5.74, 6) is 0.127. The molecule has 0 amide bonds. The molecule has 0 spiro atoms. The number of carboxylic acid groups (broad SMARTS) is 1. The number of benzene rings is 3. The third-order valence-corrected chi connectivity index (χ3v) is 7.68. The first-order chi connectivity index (χ1) is 16.0. The Kier molecular flexibility index (Phi) is 7.51. The van der Waals surface area contributed by atoms with E-state index in [-0.39, 0.29) is 18.8 Å². The zero-order chi connectivity index (χ0) is 25.0. The highest BCUT2D eigenvalue weighted by molar-refractivity contribution is 7.92. The Morgan fingerprint density at radius 1 is 0.735 bits per heavy atom. The molecule has 180 valence electrons. The second kappa shape index (κ2) is 10.2. The standard InChI is InChI=1S/C26H29NO6S/c1-16-17(2)19(4)25(20(5)18(16)3)34(30,31)27-22-8-12-24(13-9-22)33-15-14-32-23-10-6-21(7-11-23)26(28)29/h6-13,27H,14-15H2,1-5H3,(H,28,29). The van der Waals surface area contributed by atoms with Gasteiger partial charge in [-0.3, -0.25) is 4.72 Å². The lowest BCUT2D eigenvalue weighted by Crippen LogP contribution is -2.17. The van der Waals surface area contributed by atoms with Crippen molar-refractivity contribution >= 4 is 21.7 Å². The number of sulfonamides is 1. The zero-order valence-electron chi connectivity index (χ0n) is 19.9. The number of ether oxygens (including phenoxy) is 2. The van der Waals surface area contributed by atoms with Crippen LogP contribution in [0, 0.1) is 34.6 Å². The zero-order valence-corrected chi connectivity index (χ0v) is 20.7. The maximum Gasteiger partial charge on any atom is 0.335 e. The summed E-state index contributed by atoms with van der Waals surface area (Å²) >= 11 is 0. The molecule has 3 aromatic carbocycles. The summed E-state index contributed by atoms with van der Waals surface area (Å²) in [7, 11) is -3.76. The lowest BCUT2D eigenvalue weighted by Gasteiger charge is -2.19. The Morgan fingerprint density at radius 2 is 1.15 bits per heavy atom. The van der Waals surface area contributed by atoms with E-state index in [0.717, 1.165) is 27.8 Å². The number of rotatable bonds is 9. The lowest BCUT2D eigenvalue weighted by molar-refractivity contribution is 0.0696. The van der Waals surface area contributed by atoms with Crippen LogP contribution in [0.2, 0.25) is 0 Å². The summed E-state index contributed by atoms with van der Waals surface area (Å²) in [6.45, 7) is 10.1. The third kappa shape index (κ3) is 5.51. The minimum absolute atomic E-state index is 0.192. The van der Waals surface area contributed by atoms with Crippen LogP contribution < -0.4 is 14.2 Å². The van der Waals surface area contributed by atoms with Crippen LogP contribution in [0.3, 0.4) is 0 Å². The van der Waals surface area contributed by atoms with E-state index in [4.69, 9.17) is 14.6 Å². The molecule has 3 rings (SSSR count). The predicted octanol–water partition coefficient (Wildman–Crippen LogP) is 5.19. The fourth-order valence-electron chi connectivity index (χ4n) is 3.71. The van der Waals surface area contributed by atoms with Crippen LogP contribution in [0.5, 0.6) is 11.5 Å². The summed E-state index contributed by atoms with van der Waals surface area (Å²) in [5, 5.41) is 8.91.